The first-order chi connectivity index (χ1) is 20.1. The molecule has 4 heterocycles. The van der Waals surface area contributed by atoms with Crippen LogP contribution in [0, 0.1) is 11.3 Å². The zero-order valence-corrected chi connectivity index (χ0v) is 23.6. The second kappa shape index (κ2) is 12.0. The van der Waals surface area contributed by atoms with Gasteiger partial charge in [0.25, 0.3) is 0 Å². The molecular formula is C31H33F3N6O2. The number of benzene rings is 1. The Morgan fingerprint density at radius 2 is 1.95 bits per heavy atom. The molecule has 220 valence electrons. The molecule has 1 N–H and O–H groups in total. The number of halogens is 3. The Morgan fingerprint density at radius 1 is 1.17 bits per heavy atom. The van der Waals surface area contributed by atoms with Gasteiger partial charge in [0.1, 0.15) is 0 Å². The predicted octanol–water partition coefficient (Wildman–Crippen LogP) is 4.79. The van der Waals surface area contributed by atoms with Crippen molar-refractivity contribution in [1.29, 1.82) is 5.26 Å². The summed E-state index contributed by atoms with van der Waals surface area (Å²) in [5.41, 5.74) is 0.243. The molecule has 2 aromatic heterocycles. The lowest BCUT2D eigenvalue weighted by molar-refractivity contribution is -0.137. The van der Waals surface area contributed by atoms with E-state index in [1.807, 2.05) is 32.2 Å². The highest BCUT2D eigenvalue weighted by atomic mass is 19.4. The molecule has 0 unspecified atom stereocenters. The Kier molecular flexibility index (Phi) is 8.36. The minimum atomic E-state index is -4.62. The van der Waals surface area contributed by atoms with E-state index in [0.717, 1.165) is 31.1 Å². The third-order valence-corrected chi connectivity index (χ3v) is 8.19. The smallest absolute Gasteiger partial charge is 0.418 e. The quantitative estimate of drug-likeness (QED) is 0.431. The number of ether oxygens (including phenoxy) is 1. The van der Waals surface area contributed by atoms with E-state index in [9.17, 15) is 18.0 Å². The highest BCUT2D eigenvalue weighted by Crippen LogP contribution is 2.42. The number of carbonyl (C=O) groups excluding carboxylic acids is 1. The molecule has 42 heavy (non-hydrogen) atoms. The Hall–Kier alpha value is -4.17. The van der Waals surface area contributed by atoms with Gasteiger partial charge in [-0.25, -0.2) is 4.98 Å². The molecule has 8 nitrogen and oxygen atoms in total. The van der Waals surface area contributed by atoms with E-state index in [4.69, 9.17) is 10.00 Å². The van der Waals surface area contributed by atoms with Crippen molar-refractivity contribution in [3.05, 3.63) is 71.5 Å². The van der Waals surface area contributed by atoms with Crippen molar-refractivity contribution in [3.63, 3.8) is 0 Å². The van der Waals surface area contributed by atoms with Crippen LogP contribution in [0.3, 0.4) is 0 Å². The summed E-state index contributed by atoms with van der Waals surface area (Å²) in [6.07, 6.45) is 0.164. The van der Waals surface area contributed by atoms with E-state index >= 15 is 0 Å². The number of likely N-dealkylation sites (N-methyl/N-ethyl adjacent to an activating group) is 1. The fourth-order valence-electron chi connectivity index (χ4n) is 5.93. The summed E-state index contributed by atoms with van der Waals surface area (Å²) in [4.78, 5) is 26.8. The molecule has 11 heteroatoms. The molecule has 1 aromatic carbocycles. The van der Waals surface area contributed by atoms with E-state index in [2.05, 4.69) is 20.2 Å². The summed E-state index contributed by atoms with van der Waals surface area (Å²) in [6.45, 7) is 4.41. The Bertz CT molecular complexity index is 1460. The van der Waals surface area contributed by atoms with Crippen molar-refractivity contribution >= 4 is 11.6 Å². The number of alkyl halides is 3. The average molecular weight is 579 g/mol. The first-order valence-electron chi connectivity index (χ1n) is 14.0. The van der Waals surface area contributed by atoms with Crippen LogP contribution in [0.2, 0.25) is 0 Å². The molecule has 2 fully saturated rings. The molecule has 0 saturated carbocycles. The number of nitriles is 1. The maximum Gasteiger partial charge on any atom is 0.418 e. The third-order valence-electron chi connectivity index (χ3n) is 8.19. The van der Waals surface area contributed by atoms with Crippen molar-refractivity contribution in [2.24, 2.45) is 0 Å². The first-order valence-corrected chi connectivity index (χ1v) is 14.0. The van der Waals surface area contributed by atoms with Gasteiger partial charge in [0, 0.05) is 43.8 Å². The summed E-state index contributed by atoms with van der Waals surface area (Å²) in [7, 11) is 2.01. The molecule has 0 bridgehead atoms. The summed E-state index contributed by atoms with van der Waals surface area (Å²) in [5.74, 6) is 0.332. The van der Waals surface area contributed by atoms with Crippen LogP contribution in [-0.2, 0) is 16.4 Å². The average Bonchev–Trinajstić information content (AvgIpc) is 3.41. The van der Waals surface area contributed by atoms with Crippen LogP contribution in [0.4, 0.5) is 18.9 Å². The summed E-state index contributed by atoms with van der Waals surface area (Å²) >= 11 is 0. The Morgan fingerprint density at radius 3 is 2.57 bits per heavy atom. The SMILES string of the molecule is CCOc1ncccc1-c1ccc(C2(C(=O)N[C@H]3CCN(C)C3)CCN(c3ccc(C#N)cc3C(F)(F)F)CC2)cn1. The van der Waals surface area contributed by atoms with Crippen molar-refractivity contribution < 1.29 is 22.7 Å². The van der Waals surface area contributed by atoms with Crippen molar-refractivity contribution in [3.8, 4) is 23.2 Å². The lowest BCUT2D eigenvalue weighted by Crippen LogP contribution is -2.54. The predicted molar refractivity (Wildman–Crippen MR) is 152 cm³/mol. The van der Waals surface area contributed by atoms with Crippen molar-refractivity contribution in [2.75, 3.05) is 44.7 Å². The zero-order chi connectivity index (χ0) is 29.9. The number of likely N-dealkylation sites (tertiary alicyclic amines) is 1. The number of anilines is 1. The number of rotatable bonds is 7. The maximum absolute atomic E-state index is 14.0. The molecule has 2 aliphatic rings. The minimum absolute atomic E-state index is 0.00383. The van der Waals surface area contributed by atoms with Gasteiger partial charge < -0.3 is 19.9 Å². The van der Waals surface area contributed by atoms with Crippen LogP contribution < -0.4 is 15.0 Å². The monoisotopic (exact) mass is 578 g/mol. The molecule has 3 aromatic rings. The number of carbonyl (C=O) groups is 1. The zero-order valence-electron chi connectivity index (χ0n) is 23.6. The van der Waals surface area contributed by atoms with Crippen LogP contribution in [0.15, 0.2) is 54.9 Å². The van der Waals surface area contributed by atoms with Crippen LogP contribution in [0.1, 0.15) is 42.9 Å². The number of hydrogen-bond donors (Lipinski definition) is 1. The van der Waals surface area contributed by atoms with E-state index in [1.165, 1.54) is 12.1 Å². The molecule has 2 saturated heterocycles. The van der Waals surface area contributed by atoms with Gasteiger partial charge >= 0.3 is 6.18 Å². The van der Waals surface area contributed by atoms with Gasteiger partial charge in [-0.3, -0.25) is 9.78 Å². The molecule has 5 rings (SSSR count). The molecular weight excluding hydrogens is 545 g/mol. The second-order valence-corrected chi connectivity index (χ2v) is 10.9. The van der Waals surface area contributed by atoms with Crippen LogP contribution in [0.5, 0.6) is 5.88 Å². The fourth-order valence-corrected chi connectivity index (χ4v) is 5.93. The fraction of sp³-hybridized carbons (Fsp3) is 0.419. The highest BCUT2D eigenvalue weighted by Gasteiger charge is 2.45. The van der Waals surface area contributed by atoms with Crippen molar-refractivity contribution in [1.82, 2.24) is 20.2 Å². The lowest BCUT2D eigenvalue weighted by atomic mass is 9.72. The Balaban J connectivity index is 1.46. The lowest BCUT2D eigenvalue weighted by Gasteiger charge is -2.42. The molecule has 0 aliphatic carbocycles. The van der Waals surface area contributed by atoms with Gasteiger partial charge in [-0.05, 0) is 81.7 Å². The summed E-state index contributed by atoms with van der Waals surface area (Å²) < 4.78 is 47.5. The normalized spacial score (nSPS) is 18.9. The molecule has 1 atom stereocenters. The number of piperidine rings is 1. The van der Waals surface area contributed by atoms with Crippen molar-refractivity contribution in [2.45, 2.75) is 43.8 Å². The van der Waals surface area contributed by atoms with E-state index in [0.29, 0.717) is 36.6 Å². The molecule has 2 aliphatic heterocycles. The van der Waals surface area contributed by atoms with Crippen LogP contribution >= 0.6 is 0 Å². The van der Waals surface area contributed by atoms with E-state index in [-0.39, 0.29) is 36.3 Å². The Labute approximate surface area is 243 Å². The summed E-state index contributed by atoms with van der Waals surface area (Å²) in [5, 5.41) is 12.4. The minimum Gasteiger partial charge on any atom is -0.477 e. The topological polar surface area (TPSA) is 94.4 Å². The highest BCUT2D eigenvalue weighted by molar-refractivity contribution is 5.89. The maximum atomic E-state index is 14.0. The second-order valence-electron chi connectivity index (χ2n) is 10.9. The van der Waals surface area contributed by atoms with Gasteiger partial charge in [0.2, 0.25) is 11.8 Å². The van der Waals surface area contributed by atoms with Gasteiger partial charge in [0.05, 0.1) is 40.5 Å². The van der Waals surface area contributed by atoms with Gasteiger partial charge in [-0.15, -0.1) is 0 Å². The number of hydrogen-bond acceptors (Lipinski definition) is 7. The summed E-state index contributed by atoms with van der Waals surface area (Å²) in [6, 6.07) is 12.8. The number of pyridine rings is 2. The molecule has 1 amide bonds. The first kappa shape index (κ1) is 29.3. The molecule has 0 spiro atoms. The van der Waals surface area contributed by atoms with E-state index in [1.54, 1.807) is 29.4 Å². The third kappa shape index (κ3) is 5.90. The van der Waals surface area contributed by atoms with E-state index < -0.39 is 17.2 Å². The number of nitrogens with zero attached hydrogens (tertiary/aromatic N) is 5. The number of aromatic nitrogens is 2. The van der Waals surface area contributed by atoms with Crippen LogP contribution in [-0.4, -0.2) is 66.7 Å². The standard InChI is InChI=1S/C31H33F3N6O2/c1-3-42-28-24(5-4-13-36-28)26-8-7-22(19-37-26)30(29(41)38-23-10-14-39(2)20-23)11-15-40(16-12-30)27-9-6-21(18-35)17-25(27)31(32,33)34/h4-9,13,17,19,23H,3,10-12,14-16,20H2,1-2H3,(H,38,41)/t23-/m0/s1. The van der Waals surface area contributed by atoms with Crippen LogP contribution in [0.25, 0.3) is 11.3 Å². The van der Waals surface area contributed by atoms with Gasteiger partial charge in [-0.2, -0.15) is 18.4 Å². The van der Waals surface area contributed by atoms with Gasteiger partial charge in [-0.1, -0.05) is 6.07 Å². The number of nitrogens with one attached hydrogen (secondary N) is 1. The number of amides is 1. The molecule has 0 radical (unpaired) electrons. The van der Waals surface area contributed by atoms with Gasteiger partial charge in [0.15, 0.2) is 0 Å². The largest absolute Gasteiger partial charge is 0.477 e.